The Balaban J connectivity index is 2.26. The second kappa shape index (κ2) is 4.81. The molecule has 17 heavy (non-hydrogen) atoms. The van der Waals surface area contributed by atoms with E-state index in [0.29, 0.717) is 10.8 Å². The standard InChI is InChI=1S/C14H20O2S/c1-11-7-9-14(10-8-11)17(15,16)12(2)13-5-3-4-6-13/h7-10,12-13H,3-6H2,1-2H3. The highest BCUT2D eigenvalue weighted by Crippen LogP contribution is 2.33. The summed E-state index contributed by atoms with van der Waals surface area (Å²) in [6.45, 7) is 3.84. The predicted molar refractivity (Wildman–Crippen MR) is 69.8 cm³/mol. The maximum Gasteiger partial charge on any atom is 0.181 e. The minimum absolute atomic E-state index is 0.243. The molecule has 1 fully saturated rings. The topological polar surface area (TPSA) is 34.1 Å². The van der Waals surface area contributed by atoms with Crippen LogP contribution in [0.4, 0.5) is 0 Å². The number of aryl methyl sites for hydroxylation is 1. The molecule has 0 N–H and O–H groups in total. The molecule has 1 atom stereocenters. The Hall–Kier alpha value is -0.830. The fourth-order valence-electron chi connectivity index (χ4n) is 2.62. The minimum Gasteiger partial charge on any atom is -0.223 e. The number of benzene rings is 1. The Bertz CT molecular complexity index is 467. The fraction of sp³-hybridized carbons (Fsp3) is 0.571. The Morgan fingerprint density at radius 3 is 2.18 bits per heavy atom. The van der Waals surface area contributed by atoms with E-state index < -0.39 is 9.84 Å². The first kappa shape index (κ1) is 12.6. The van der Waals surface area contributed by atoms with E-state index in [1.807, 2.05) is 26.0 Å². The van der Waals surface area contributed by atoms with Gasteiger partial charge >= 0.3 is 0 Å². The summed E-state index contributed by atoms with van der Waals surface area (Å²) in [5.74, 6) is 0.348. The molecule has 94 valence electrons. The van der Waals surface area contributed by atoms with Gasteiger partial charge in [0.1, 0.15) is 0 Å². The van der Waals surface area contributed by atoms with Gasteiger partial charge in [0.25, 0.3) is 0 Å². The molecule has 3 heteroatoms. The molecule has 1 aliphatic rings. The molecule has 2 nitrogen and oxygen atoms in total. The average molecular weight is 252 g/mol. The molecule has 1 aliphatic carbocycles. The Morgan fingerprint density at radius 1 is 1.12 bits per heavy atom. The molecule has 1 aromatic rings. The monoisotopic (exact) mass is 252 g/mol. The third kappa shape index (κ3) is 2.54. The molecular weight excluding hydrogens is 232 g/mol. The number of rotatable bonds is 3. The lowest BCUT2D eigenvalue weighted by molar-refractivity contribution is 0.501. The molecule has 0 amide bonds. The molecule has 0 aromatic heterocycles. The summed E-state index contributed by atoms with van der Waals surface area (Å²) < 4.78 is 24.9. The van der Waals surface area contributed by atoms with Crippen LogP contribution in [-0.4, -0.2) is 13.7 Å². The lowest BCUT2D eigenvalue weighted by Gasteiger charge is -2.19. The number of sulfone groups is 1. The third-order valence-corrected chi connectivity index (χ3v) is 6.20. The van der Waals surface area contributed by atoms with Crippen LogP contribution in [0.3, 0.4) is 0 Å². The minimum atomic E-state index is -3.14. The lowest BCUT2D eigenvalue weighted by atomic mass is 10.1. The molecule has 2 rings (SSSR count). The quantitative estimate of drug-likeness (QED) is 0.826. The molecular formula is C14H20O2S. The molecule has 1 saturated carbocycles. The molecule has 0 aliphatic heterocycles. The highest BCUT2D eigenvalue weighted by atomic mass is 32.2. The molecule has 0 bridgehead atoms. The van der Waals surface area contributed by atoms with E-state index in [1.165, 1.54) is 12.8 Å². The van der Waals surface area contributed by atoms with Crippen molar-refractivity contribution in [2.75, 3.05) is 0 Å². The predicted octanol–water partition coefficient (Wildman–Crippen LogP) is 3.35. The van der Waals surface area contributed by atoms with Crippen molar-refractivity contribution in [1.82, 2.24) is 0 Å². The zero-order chi connectivity index (χ0) is 12.5. The van der Waals surface area contributed by atoms with Crippen LogP contribution < -0.4 is 0 Å². The van der Waals surface area contributed by atoms with Gasteiger partial charge in [-0.15, -0.1) is 0 Å². The van der Waals surface area contributed by atoms with Crippen LogP contribution in [0.25, 0.3) is 0 Å². The van der Waals surface area contributed by atoms with Crippen LogP contribution in [-0.2, 0) is 9.84 Å². The summed E-state index contributed by atoms with van der Waals surface area (Å²) in [4.78, 5) is 0.475. The van der Waals surface area contributed by atoms with E-state index in [4.69, 9.17) is 0 Å². The van der Waals surface area contributed by atoms with Crippen LogP contribution in [0.5, 0.6) is 0 Å². The zero-order valence-corrected chi connectivity index (χ0v) is 11.3. The fourth-order valence-corrected chi connectivity index (χ4v) is 4.35. The van der Waals surface area contributed by atoms with Crippen molar-refractivity contribution in [2.24, 2.45) is 5.92 Å². The van der Waals surface area contributed by atoms with Gasteiger partial charge < -0.3 is 0 Å². The van der Waals surface area contributed by atoms with Gasteiger partial charge in [-0.3, -0.25) is 0 Å². The van der Waals surface area contributed by atoms with Gasteiger partial charge in [-0.05, 0) is 44.7 Å². The summed E-state index contributed by atoms with van der Waals surface area (Å²) in [5.41, 5.74) is 1.09. The van der Waals surface area contributed by atoms with Crippen molar-refractivity contribution >= 4 is 9.84 Å². The van der Waals surface area contributed by atoms with E-state index in [9.17, 15) is 8.42 Å². The first-order chi connectivity index (χ1) is 8.01. The van der Waals surface area contributed by atoms with Gasteiger partial charge in [-0.25, -0.2) is 8.42 Å². The highest BCUT2D eigenvalue weighted by Gasteiger charge is 2.32. The lowest BCUT2D eigenvalue weighted by Crippen LogP contribution is -2.25. The van der Waals surface area contributed by atoms with Gasteiger partial charge in [0.05, 0.1) is 10.1 Å². The highest BCUT2D eigenvalue weighted by molar-refractivity contribution is 7.92. The molecule has 0 heterocycles. The van der Waals surface area contributed by atoms with Crippen LogP contribution in [0.1, 0.15) is 38.2 Å². The smallest absolute Gasteiger partial charge is 0.181 e. The molecule has 1 aromatic carbocycles. The van der Waals surface area contributed by atoms with Crippen molar-refractivity contribution in [1.29, 1.82) is 0 Å². The molecule has 1 unspecified atom stereocenters. The summed E-state index contributed by atoms with van der Waals surface area (Å²) >= 11 is 0. The van der Waals surface area contributed by atoms with E-state index >= 15 is 0 Å². The second-order valence-electron chi connectivity index (χ2n) is 5.11. The van der Waals surface area contributed by atoms with Gasteiger partial charge in [0.15, 0.2) is 9.84 Å². The van der Waals surface area contributed by atoms with E-state index in [-0.39, 0.29) is 5.25 Å². The number of hydrogen-bond acceptors (Lipinski definition) is 2. The first-order valence-electron chi connectivity index (χ1n) is 6.32. The van der Waals surface area contributed by atoms with Gasteiger partial charge in [-0.1, -0.05) is 30.5 Å². The van der Waals surface area contributed by atoms with Crippen LogP contribution in [0.15, 0.2) is 29.2 Å². The Labute approximate surface area is 104 Å². The third-order valence-electron chi connectivity index (χ3n) is 3.90. The molecule has 0 saturated heterocycles. The first-order valence-corrected chi connectivity index (χ1v) is 7.87. The maximum atomic E-state index is 12.4. The van der Waals surface area contributed by atoms with Crippen molar-refractivity contribution in [2.45, 2.75) is 49.7 Å². The zero-order valence-electron chi connectivity index (χ0n) is 10.5. The molecule has 0 spiro atoms. The Morgan fingerprint density at radius 2 is 1.65 bits per heavy atom. The molecule has 0 radical (unpaired) electrons. The largest absolute Gasteiger partial charge is 0.223 e. The van der Waals surface area contributed by atoms with Crippen LogP contribution in [0.2, 0.25) is 0 Å². The summed E-state index contributed by atoms with van der Waals surface area (Å²) in [6, 6.07) is 7.20. The van der Waals surface area contributed by atoms with E-state index in [2.05, 4.69) is 0 Å². The average Bonchev–Trinajstić information content (AvgIpc) is 2.82. The van der Waals surface area contributed by atoms with Crippen LogP contribution >= 0.6 is 0 Å². The van der Waals surface area contributed by atoms with Gasteiger partial charge in [0, 0.05) is 0 Å². The second-order valence-corrected chi connectivity index (χ2v) is 7.41. The normalized spacial score (nSPS) is 19.4. The summed E-state index contributed by atoms with van der Waals surface area (Å²) in [5, 5.41) is -0.243. The van der Waals surface area contributed by atoms with Gasteiger partial charge in [0.2, 0.25) is 0 Å². The Kier molecular flexibility index (Phi) is 3.57. The van der Waals surface area contributed by atoms with E-state index in [0.717, 1.165) is 18.4 Å². The summed E-state index contributed by atoms with van der Waals surface area (Å²) in [7, 11) is -3.14. The van der Waals surface area contributed by atoms with Crippen molar-refractivity contribution in [3.05, 3.63) is 29.8 Å². The van der Waals surface area contributed by atoms with Crippen molar-refractivity contribution in [3.8, 4) is 0 Å². The SMILES string of the molecule is Cc1ccc(S(=O)(=O)C(C)C2CCCC2)cc1. The summed E-state index contributed by atoms with van der Waals surface area (Å²) in [6.07, 6.45) is 4.48. The van der Waals surface area contributed by atoms with Crippen LogP contribution in [0, 0.1) is 12.8 Å². The van der Waals surface area contributed by atoms with Gasteiger partial charge in [-0.2, -0.15) is 0 Å². The maximum absolute atomic E-state index is 12.4. The van der Waals surface area contributed by atoms with Crippen molar-refractivity contribution in [3.63, 3.8) is 0 Å². The van der Waals surface area contributed by atoms with Crippen molar-refractivity contribution < 1.29 is 8.42 Å². The van der Waals surface area contributed by atoms with E-state index in [1.54, 1.807) is 12.1 Å². The number of hydrogen-bond donors (Lipinski definition) is 0.